The van der Waals surface area contributed by atoms with E-state index in [4.69, 9.17) is 0 Å². The Balaban J connectivity index is 1.77. The van der Waals surface area contributed by atoms with Crippen LogP contribution in [-0.2, 0) is 18.7 Å². The third-order valence-corrected chi connectivity index (χ3v) is 8.06. The van der Waals surface area contributed by atoms with Crippen LogP contribution in [0.25, 0.3) is 0 Å². The third kappa shape index (κ3) is 2.13. The van der Waals surface area contributed by atoms with Gasteiger partial charge in [0.2, 0.25) is 11.8 Å². The second-order valence-electron chi connectivity index (χ2n) is 8.44. The summed E-state index contributed by atoms with van der Waals surface area (Å²) in [6.07, 6.45) is 0. The van der Waals surface area contributed by atoms with Crippen molar-refractivity contribution in [3.05, 3.63) is 70.8 Å². The predicted octanol–water partition coefficient (Wildman–Crippen LogP) is 3.49. The van der Waals surface area contributed by atoms with Gasteiger partial charge in [-0.1, -0.05) is 78.3 Å². The number of rotatable bonds is 3. The number of hydrogen-bond donors (Lipinski definition) is 1. The molecule has 2 aromatic carbocycles. The van der Waals surface area contributed by atoms with Crippen molar-refractivity contribution in [2.45, 2.75) is 30.1 Å². The number of imide groups is 1. The summed E-state index contributed by atoms with van der Waals surface area (Å²) in [5.41, 5.74) is 4.04. The molecule has 0 radical (unpaired) electrons. The molecule has 3 aliphatic carbocycles. The number of hydrogen-bond acceptors (Lipinski definition) is 3. The summed E-state index contributed by atoms with van der Waals surface area (Å²) in [4.78, 5) is 40.2. The molecule has 0 aromatic heterocycles. The highest BCUT2D eigenvalue weighted by Crippen LogP contribution is 2.66. The molecular weight excluding hydrogens is 434 g/mol. The Hall–Kier alpha value is -2.47. The van der Waals surface area contributed by atoms with E-state index < -0.39 is 34.1 Å². The number of aliphatic carboxylic acids is 1. The van der Waals surface area contributed by atoms with Crippen molar-refractivity contribution in [1.29, 1.82) is 0 Å². The summed E-state index contributed by atoms with van der Waals surface area (Å²) in [5, 5.41) is 9.77. The van der Waals surface area contributed by atoms with Crippen molar-refractivity contribution in [3.8, 4) is 0 Å². The van der Waals surface area contributed by atoms with Gasteiger partial charge in [-0.15, -0.1) is 0 Å². The number of carbonyl (C=O) groups excluding carboxylic acids is 2. The van der Waals surface area contributed by atoms with Gasteiger partial charge in [0, 0.05) is 5.92 Å². The van der Waals surface area contributed by atoms with E-state index in [0.717, 1.165) is 27.2 Å². The molecule has 5 nitrogen and oxygen atoms in total. The van der Waals surface area contributed by atoms with Crippen molar-refractivity contribution in [2.75, 3.05) is 0 Å². The molecule has 0 spiro atoms. The Morgan fingerprint density at radius 2 is 1.52 bits per heavy atom. The largest absolute Gasteiger partial charge is 0.480 e. The van der Waals surface area contributed by atoms with E-state index in [1.165, 1.54) is 0 Å². The van der Waals surface area contributed by atoms with Crippen molar-refractivity contribution in [1.82, 2.24) is 4.90 Å². The van der Waals surface area contributed by atoms with E-state index in [9.17, 15) is 19.5 Å². The number of alkyl halides is 1. The topological polar surface area (TPSA) is 74.7 Å². The average Bonchev–Trinajstić information content (AvgIpc) is 2.95. The van der Waals surface area contributed by atoms with Gasteiger partial charge in [-0.05, 0) is 28.2 Å². The minimum Gasteiger partial charge on any atom is -0.480 e. The molecule has 4 aliphatic rings. The SMILES string of the molecule is CC(C)[C@H](C(=O)O)N1C(=O)[C@@H]2C3c4ccccc4C(Br)(c4ccccc43)[C@@H]2C1=O. The molecule has 2 bridgehead atoms. The van der Waals surface area contributed by atoms with Crippen LogP contribution in [0.15, 0.2) is 48.5 Å². The maximum atomic E-state index is 13.6. The highest BCUT2D eigenvalue weighted by atomic mass is 79.9. The molecule has 0 unspecified atom stereocenters. The van der Waals surface area contributed by atoms with E-state index in [-0.39, 0.29) is 17.7 Å². The molecule has 0 saturated carbocycles. The number of carboxylic acids is 1. The lowest BCUT2D eigenvalue weighted by molar-refractivity contribution is -0.157. The van der Waals surface area contributed by atoms with Gasteiger partial charge in [0.1, 0.15) is 6.04 Å². The highest BCUT2D eigenvalue weighted by molar-refractivity contribution is 9.09. The Morgan fingerprint density at radius 3 is 2.00 bits per heavy atom. The fourth-order valence-corrected chi connectivity index (χ4v) is 6.87. The number of nitrogens with zero attached hydrogens (tertiary/aromatic N) is 1. The van der Waals surface area contributed by atoms with Crippen LogP contribution in [0, 0.1) is 17.8 Å². The van der Waals surface area contributed by atoms with Crippen LogP contribution in [0.4, 0.5) is 0 Å². The highest BCUT2D eigenvalue weighted by Gasteiger charge is 2.68. The molecule has 1 fully saturated rings. The van der Waals surface area contributed by atoms with Crippen molar-refractivity contribution >= 4 is 33.7 Å². The van der Waals surface area contributed by atoms with Crippen LogP contribution < -0.4 is 0 Å². The molecule has 3 atom stereocenters. The monoisotopic (exact) mass is 453 g/mol. The molecule has 2 amide bonds. The zero-order valence-corrected chi connectivity index (χ0v) is 17.6. The van der Waals surface area contributed by atoms with Crippen LogP contribution in [0.1, 0.15) is 42.0 Å². The maximum Gasteiger partial charge on any atom is 0.327 e. The first kappa shape index (κ1) is 18.6. The number of halogens is 1. The minimum absolute atomic E-state index is 0.255. The smallest absolute Gasteiger partial charge is 0.327 e. The van der Waals surface area contributed by atoms with Crippen LogP contribution in [0.2, 0.25) is 0 Å². The molecule has 1 N–H and O–H groups in total. The Labute approximate surface area is 176 Å². The fourth-order valence-electron chi connectivity index (χ4n) is 5.67. The lowest BCUT2D eigenvalue weighted by Gasteiger charge is -2.51. The van der Waals surface area contributed by atoms with Gasteiger partial charge in [-0.3, -0.25) is 14.5 Å². The standard InChI is InChI=1S/C23H20BrNO4/c1-11(2)19(22(28)29)25-20(26)17-16-12-7-3-5-9-14(12)23(24,18(17)21(25)27)15-10-6-4-8-13(15)16/h3-11,16-19H,1-2H3,(H,28,29)/t16?,17-,18+,19-,23?/m1/s1. The lowest BCUT2D eigenvalue weighted by atomic mass is 9.55. The number of benzene rings is 2. The number of carboxylic acid groups (broad SMARTS) is 1. The maximum absolute atomic E-state index is 13.6. The number of carbonyl (C=O) groups is 3. The Kier molecular flexibility index (Phi) is 3.85. The summed E-state index contributed by atoms with van der Waals surface area (Å²) in [5.74, 6) is -3.82. The number of likely N-dealkylation sites (tertiary alicyclic amines) is 1. The van der Waals surface area contributed by atoms with E-state index in [0.29, 0.717) is 0 Å². The molecule has 2 aromatic rings. The zero-order valence-electron chi connectivity index (χ0n) is 16.0. The van der Waals surface area contributed by atoms with Gasteiger partial charge in [-0.25, -0.2) is 4.79 Å². The minimum atomic E-state index is -1.16. The summed E-state index contributed by atoms with van der Waals surface area (Å²) < 4.78 is -0.846. The second-order valence-corrected chi connectivity index (χ2v) is 9.69. The van der Waals surface area contributed by atoms with Crippen molar-refractivity contribution in [2.24, 2.45) is 17.8 Å². The zero-order chi connectivity index (χ0) is 20.7. The summed E-state index contributed by atoms with van der Waals surface area (Å²) in [7, 11) is 0. The molecule has 6 rings (SSSR count). The predicted molar refractivity (Wildman–Crippen MR) is 110 cm³/mol. The Morgan fingerprint density at radius 1 is 1.00 bits per heavy atom. The van der Waals surface area contributed by atoms with Crippen molar-refractivity contribution < 1.29 is 19.5 Å². The summed E-state index contributed by atoms with van der Waals surface area (Å²) in [6, 6.07) is 14.6. The molecule has 1 aliphatic heterocycles. The second kappa shape index (κ2) is 6.02. The molecule has 29 heavy (non-hydrogen) atoms. The average molecular weight is 454 g/mol. The Bertz CT molecular complexity index is 1030. The van der Waals surface area contributed by atoms with Gasteiger partial charge >= 0.3 is 5.97 Å². The van der Waals surface area contributed by atoms with E-state index in [2.05, 4.69) is 15.9 Å². The normalized spacial score (nSPS) is 30.2. The molecule has 148 valence electrons. The first-order valence-corrected chi connectivity index (χ1v) is 10.6. The van der Waals surface area contributed by atoms with E-state index in [1.807, 2.05) is 48.5 Å². The van der Waals surface area contributed by atoms with E-state index in [1.54, 1.807) is 13.8 Å². The summed E-state index contributed by atoms with van der Waals surface area (Å²) in [6.45, 7) is 3.45. The number of amides is 2. The van der Waals surface area contributed by atoms with Crippen LogP contribution in [0.5, 0.6) is 0 Å². The first-order valence-electron chi connectivity index (χ1n) is 9.77. The molecule has 1 saturated heterocycles. The van der Waals surface area contributed by atoms with Gasteiger partial charge in [0.25, 0.3) is 0 Å². The van der Waals surface area contributed by atoms with Gasteiger partial charge in [0.15, 0.2) is 0 Å². The third-order valence-electron chi connectivity index (χ3n) is 6.71. The molecule has 6 heteroatoms. The van der Waals surface area contributed by atoms with Gasteiger partial charge < -0.3 is 5.11 Å². The van der Waals surface area contributed by atoms with Gasteiger partial charge in [0.05, 0.1) is 16.2 Å². The van der Waals surface area contributed by atoms with Crippen molar-refractivity contribution in [3.63, 3.8) is 0 Å². The van der Waals surface area contributed by atoms with Crippen LogP contribution in [0.3, 0.4) is 0 Å². The van der Waals surface area contributed by atoms with E-state index >= 15 is 0 Å². The van der Waals surface area contributed by atoms with Crippen LogP contribution >= 0.6 is 15.9 Å². The van der Waals surface area contributed by atoms with Crippen LogP contribution in [-0.4, -0.2) is 33.8 Å². The first-order chi connectivity index (χ1) is 13.8. The molecular formula is C23H20BrNO4. The summed E-state index contributed by atoms with van der Waals surface area (Å²) >= 11 is 3.91. The lowest BCUT2D eigenvalue weighted by Crippen LogP contribution is -2.50. The fraction of sp³-hybridized carbons (Fsp3) is 0.348. The van der Waals surface area contributed by atoms with Gasteiger partial charge in [-0.2, -0.15) is 0 Å². The quantitative estimate of drug-likeness (QED) is 0.569. The molecule has 1 heterocycles.